The summed E-state index contributed by atoms with van der Waals surface area (Å²) in [6.45, 7) is 6.72. The van der Waals surface area contributed by atoms with Crippen molar-refractivity contribution in [3.05, 3.63) is 65.7 Å². The number of carbonyl (C=O) groups excluding carboxylic acids is 1. The largest absolute Gasteiger partial charge is 0.339 e. The normalized spacial score (nSPS) is 15.3. The fraction of sp³-hybridized carbons (Fsp3) is 0.364. The van der Waals surface area contributed by atoms with Gasteiger partial charge in [-0.25, -0.2) is 9.37 Å². The number of likely N-dealkylation sites (N-methyl/N-ethyl adjacent to an activating group) is 1. The molecule has 0 spiro atoms. The van der Waals surface area contributed by atoms with E-state index in [0.29, 0.717) is 17.8 Å². The van der Waals surface area contributed by atoms with Gasteiger partial charge in [-0.3, -0.25) is 4.79 Å². The van der Waals surface area contributed by atoms with E-state index < -0.39 is 0 Å². The Kier molecular flexibility index (Phi) is 5.39. The molecule has 1 aliphatic heterocycles. The monoisotopic (exact) mass is 380 g/mol. The quantitative estimate of drug-likeness (QED) is 0.683. The predicted molar refractivity (Wildman–Crippen MR) is 108 cm³/mol. The first-order valence-corrected chi connectivity index (χ1v) is 9.83. The lowest BCUT2D eigenvalue weighted by molar-refractivity contribution is -0.133. The zero-order chi connectivity index (χ0) is 19.5. The first-order valence-electron chi connectivity index (χ1n) is 9.83. The van der Waals surface area contributed by atoms with Crippen LogP contribution in [0, 0.1) is 5.82 Å². The van der Waals surface area contributed by atoms with E-state index in [1.807, 2.05) is 39.8 Å². The SMILES string of the molecule is CCN1CCN(C(=O)Cn2c(Cc3ccccc3F)nc3ccccc32)CC1. The lowest BCUT2D eigenvalue weighted by Crippen LogP contribution is -2.49. The van der Waals surface area contributed by atoms with Crippen LogP contribution in [0.1, 0.15) is 18.3 Å². The van der Waals surface area contributed by atoms with Crippen molar-refractivity contribution in [3.8, 4) is 0 Å². The molecule has 1 fully saturated rings. The number of aromatic nitrogens is 2. The molecule has 3 aromatic rings. The van der Waals surface area contributed by atoms with Crippen LogP contribution >= 0.6 is 0 Å². The zero-order valence-corrected chi connectivity index (χ0v) is 16.1. The third-order valence-corrected chi connectivity index (χ3v) is 5.51. The predicted octanol–water partition coefficient (Wildman–Crippen LogP) is 2.93. The van der Waals surface area contributed by atoms with Gasteiger partial charge in [0, 0.05) is 32.6 Å². The number of nitrogens with zero attached hydrogens (tertiary/aromatic N) is 4. The van der Waals surface area contributed by atoms with Gasteiger partial charge in [-0.15, -0.1) is 0 Å². The summed E-state index contributed by atoms with van der Waals surface area (Å²) in [6.07, 6.45) is 0.359. The molecule has 1 amide bonds. The molecule has 28 heavy (non-hydrogen) atoms. The maximum Gasteiger partial charge on any atom is 0.242 e. The molecule has 2 aromatic carbocycles. The number of imidazole rings is 1. The van der Waals surface area contributed by atoms with Crippen molar-refractivity contribution < 1.29 is 9.18 Å². The topological polar surface area (TPSA) is 41.4 Å². The standard InChI is InChI=1S/C22H25FN4O/c1-2-25-11-13-26(14-12-25)22(28)16-27-20-10-6-5-9-19(20)24-21(27)15-17-7-3-4-8-18(17)23/h3-10H,2,11-16H2,1H3. The molecular weight excluding hydrogens is 355 g/mol. The molecule has 146 valence electrons. The molecule has 1 aliphatic rings. The first-order chi connectivity index (χ1) is 13.7. The molecule has 6 heteroatoms. The number of amides is 1. The average Bonchev–Trinajstić information content (AvgIpc) is 3.07. The van der Waals surface area contributed by atoms with Crippen LogP contribution in [0.4, 0.5) is 4.39 Å². The highest BCUT2D eigenvalue weighted by atomic mass is 19.1. The highest BCUT2D eigenvalue weighted by Gasteiger charge is 2.22. The first kappa shape index (κ1) is 18.6. The van der Waals surface area contributed by atoms with Gasteiger partial charge in [-0.1, -0.05) is 37.3 Å². The minimum absolute atomic E-state index is 0.0914. The molecule has 0 aliphatic carbocycles. The Labute approximate surface area is 164 Å². The van der Waals surface area contributed by atoms with Gasteiger partial charge >= 0.3 is 0 Å². The van der Waals surface area contributed by atoms with E-state index in [1.165, 1.54) is 6.07 Å². The van der Waals surface area contributed by atoms with Gasteiger partial charge in [0.1, 0.15) is 18.2 Å². The molecule has 2 heterocycles. The lowest BCUT2D eigenvalue weighted by atomic mass is 10.1. The number of fused-ring (bicyclic) bond motifs is 1. The summed E-state index contributed by atoms with van der Waals surface area (Å²) in [7, 11) is 0. The number of halogens is 1. The van der Waals surface area contributed by atoms with E-state index in [9.17, 15) is 9.18 Å². The van der Waals surface area contributed by atoms with Crippen molar-refractivity contribution in [2.45, 2.75) is 19.9 Å². The third kappa shape index (κ3) is 3.78. The smallest absolute Gasteiger partial charge is 0.242 e. The summed E-state index contributed by atoms with van der Waals surface area (Å²) in [5, 5.41) is 0. The fourth-order valence-corrected chi connectivity index (χ4v) is 3.80. The van der Waals surface area contributed by atoms with E-state index in [-0.39, 0.29) is 18.3 Å². The Morgan fingerprint density at radius 2 is 1.75 bits per heavy atom. The van der Waals surface area contributed by atoms with E-state index in [2.05, 4.69) is 16.8 Å². The Balaban J connectivity index is 1.60. The lowest BCUT2D eigenvalue weighted by Gasteiger charge is -2.34. The van der Waals surface area contributed by atoms with Crippen molar-refractivity contribution in [3.63, 3.8) is 0 Å². The van der Waals surface area contributed by atoms with Gasteiger partial charge in [0.2, 0.25) is 5.91 Å². The molecule has 1 aromatic heterocycles. The summed E-state index contributed by atoms with van der Waals surface area (Å²) in [5.74, 6) is 0.559. The summed E-state index contributed by atoms with van der Waals surface area (Å²) >= 11 is 0. The van der Waals surface area contributed by atoms with Crippen LogP contribution in [0.2, 0.25) is 0 Å². The van der Waals surface area contributed by atoms with Crippen LogP contribution in [0.25, 0.3) is 11.0 Å². The van der Waals surface area contributed by atoms with Crippen molar-refractivity contribution in [1.29, 1.82) is 0 Å². The van der Waals surface area contributed by atoms with Gasteiger partial charge in [0.25, 0.3) is 0 Å². The van der Waals surface area contributed by atoms with Gasteiger partial charge in [-0.05, 0) is 30.3 Å². The van der Waals surface area contributed by atoms with Gasteiger partial charge < -0.3 is 14.4 Å². The number of rotatable bonds is 5. The van der Waals surface area contributed by atoms with Gasteiger partial charge in [-0.2, -0.15) is 0 Å². The second kappa shape index (κ2) is 8.10. The summed E-state index contributed by atoms with van der Waals surface area (Å²) in [6, 6.07) is 14.5. The molecule has 0 unspecified atom stereocenters. The molecular formula is C22H25FN4O. The Bertz CT molecular complexity index is 976. The van der Waals surface area contributed by atoms with Crippen LogP contribution in [0.15, 0.2) is 48.5 Å². The number of hydrogen-bond acceptors (Lipinski definition) is 3. The summed E-state index contributed by atoms with van der Waals surface area (Å²) in [4.78, 5) is 21.9. The summed E-state index contributed by atoms with van der Waals surface area (Å²) in [5.41, 5.74) is 2.33. The van der Waals surface area contributed by atoms with E-state index >= 15 is 0 Å². The van der Waals surface area contributed by atoms with Crippen LogP contribution in [-0.2, 0) is 17.8 Å². The van der Waals surface area contributed by atoms with Crippen molar-refractivity contribution >= 4 is 16.9 Å². The Morgan fingerprint density at radius 3 is 2.50 bits per heavy atom. The molecule has 1 saturated heterocycles. The van der Waals surface area contributed by atoms with E-state index in [1.54, 1.807) is 12.1 Å². The van der Waals surface area contributed by atoms with Crippen molar-refractivity contribution in [2.24, 2.45) is 0 Å². The van der Waals surface area contributed by atoms with Gasteiger partial charge in [0.15, 0.2) is 0 Å². The Morgan fingerprint density at radius 1 is 1.04 bits per heavy atom. The van der Waals surface area contributed by atoms with Crippen LogP contribution in [0.5, 0.6) is 0 Å². The van der Waals surface area contributed by atoms with Crippen LogP contribution in [0.3, 0.4) is 0 Å². The third-order valence-electron chi connectivity index (χ3n) is 5.51. The van der Waals surface area contributed by atoms with Gasteiger partial charge in [0.05, 0.1) is 11.0 Å². The fourth-order valence-electron chi connectivity index (χ4n) is 3.80. The Hall–Kier alpha value is -2.73. The summed E-state index contributed by atoms with van der Waals surface area (Å²) < 4.78 is 16.1. The van der Waals surface area contributed by atoms with Crippen molar-refractivity contribution in [2.75, 3.05) is 32.7 Å². The van der Waals surface area contributed by atoms with Crippen molar-refractivity contribution in [1.82, 2.24) is 19.4 Å². The molecule has 0 saturated carbocycles. The number of carbonyl (C=O) groups is 1. The van der Waals surface area contributed by atoms with E-state index in [0.717, 1.165) is 43.8 Å². The highest BCUT2D eigenvalue weighted by Crippen LogP contribution is 2.20. The number of hydrogen-bond donors (Lipinski definition) is 0. The molecule has 0 radical (unpaired) electrons. The molecule has 0 bridgehead atoms. The second-order valence-corrected chi connectivity index (χ2v) is 7.19. The minimum Gasteiger partial charge on any atom is -0.339 e. The van der Waals surface area contributed by atoms with E-state index in [4.69, 9.17) is 0 Å². The van der Waals surface area contributed by atoms with Crippen LogP contribution < -0.4 is 0 Å². The molecule has 5 nitrogen and oxygen atoms in total. The minimum atomic E-state index is -0.247. The second-order valence-electron chi connectivity index (χ2n) is 7.19. The average molecular weight is 380 g/mol. The van der Waals surface area contributed by atoms with Crippen LogP contribution in [-0.4, -0.2) is 58.0 Å². The molecule has 0 N–H and O–H groups in total. The number of benzene rings is 2. The molecule has 0 atom stereocenters. The highest BCUT2D eigenvalue weighted by molar-refractivity contribution is 5.81. The maximum atomic E-state index is 14.2. The molecule has 4 rings (SSSR count). The zero-order valence-electron chi connectivity index (χ0n) is 16.1. The number of piperazine rings is 1. The maximum absolute atomic E-state index is 14.2. The number of para-hydroxylation sites is 2.